The maximum absolute atomic E-state index is 11.9. The highest BCUT2D eigenvalue weighted by molar-refractivity contribution is 5.94. The summed E-state index contributed by atoms with van der Waals surface area (Å²) in [7, 11) is 0. The van der Waals surface area contributed by atoms with Gasteiger partial charge in [-0.05, 0) is 31.2 Å². The molecule has 0 radical (unpaired) electrons. The predicted molar refractivity (Wildman–Crippen MR) is 59.1 cm³/mol. The topological polar surface area (TPSA) is 64.3 Å². The number of amides is 1. The minimum atomic E-state index is -2.87. The fourth-order valence-corrected chi connectivity index (χ4v) is 1.14. The average Bonchev–Trinajstić information content (AvgIpc) is 2.26. The Morgan fingerprint density at radius 2 is 2.00 bits per heavy atom. The van der Waals surface area contributed by atoms with E-state index in [1.165, 1.54) is 24.3 Å². The molecule has 17 heavy (non-hydrogen) atoms. The van der Waals surface area contributed by atoms with Crippen LogP contribution in [0.5, 0.6) is 5.75 Å². The zero-order valence-electron chi connectivity index (χ0n) is 9.32. The number of ether oxygens (including phenoxy) is 1. The molecule has 1 aromatic carbocycles. The summed E-state index contributed by atoms with van der Waals surface area (Å²) < 4.78 is 27.9. The van der Waals surface area contributed by atoms with Gasteiger partial charge in [-0.25, -0.2) is 0 Å². The van der Waals surface area contributed by atoms with Crippen molar-refractivity contribution in [2.24, 2.45) is 5.73 Å². The molecule has 3 N–H and O–H groups in total. The summed E-state index contributed by atoms with van der Waals surface area (Å²) >= 11 is 0. The third-order valence-corrected chi connectivity index (χ3v) is 1.93. The van der Waals surface area contributed by atoms with Gasteiger partial charge in [0, 0.05) is 18.2 Å². The summed E-state index contributed by atoms with van der Waals surface area (Å²) in [5.41, 5.74) is 5.85. The molecular weight excluding hydrogens is 230 g/mol. The van der Waals surface area contributed by atoms with E-state index >= 15 is 0 Å². The van der Waals surface area contributed by atoms with Gasteiger partial charge in [0.2, 0.25) is 0 Å². The Balaban J connectivity index is 2.57. The Kier molecular flexibility index (Phi) is 4.84. The Morgan fingerprint density at radius 1 is 1.41 bits per heavy atom. The number of rotatable bonds is 5. The second-order valence-corrected chi connectivity index (χ2v) is 3.59. The molecule has 1 amide bonds. The Labute approximate surface area is 97.8 Å². The quantitative estimate of drug-likeness (QED) is 0.822. The summed E-state index contributed by atoms with van der Waals surface area (Å²) in [6.07, 6.45) is 0. The molecule has 1 aromatic rings. The van der Waals surface area contributed by atoms with Crippen LogP contribution >= 0.6 is 0 Å². The first-order chi connectivity index (χ1) is 7.99. The fraction of sp³-hybridized carbons (Fsp3) is 0.364. The fourth-order valence-electron chi connectivity index (χ4n) is 1.14. The number of alkyl halides is 2. The van der Waals surface area contributed by atoms with Crippen molar-refractivity contribution in [1.29, 1.82) is 0 Å². The number of hydrogen-bond donors (Lipinski definition) is 2. The molecule has 1 rings (SSSR count). The van der Waals surface area contributed by atoms with Crippen molar-refractivity contribution >= 4 is 5.91 Å². The van der Waals surface area contributed by atoms with Gasteiger partial charge in [0.15, 0.2) is 0 Å². The van der Waals surface area contributed by atoms with Gasteiger partial charge in [-0.3, -0.25) is 4.79 Å². The Hall–Kier alpha value is -1.69. The van der Waals surface area contributed by atoms with Crippen LogP contribution in [0.25, 0.3) is 0 Å². The second-order valence-electron chi connectivity index (χ2n) is 3.59. The van der Waals surface area contributed by atoms with Crippen LogP contribution in [-0.2, 0) is 0 Å². The zero-order valence-corrected chi connectivity index (χ0v) is 9.32. The number of halogens is 2. The van der Waals surface area contributed by atoms with Crippen molar-refractivity contribution in [2.45, 2.75) is 19.6 Å². The number of carbonyl (C=O) groups is 1. The standard InChI is InChI=1S/C11H14F2N2O2/c1-7(14)6-15-10(16)8-2-4-9(5-3-8)17-11(12)13/h2-5,7,11H,6,14H2,1H3,(H,15,16). The summed E-state index contributed by atoms with van der Waals surface area (Å²) in [6.45, 7) is -0.749. The molecule has 0 saturated carbocycles. The average molecular weight is 244 g/mol. The van der Waals surface area contributed by atoms with Gasteiger partial charge < -0.3 is 15.8 Å². The van der Waals surface area contributed by atoms with Crippen LogP contribution in [0.1, 0.15) is 17.3 Å². The molecule has 6 heteroatoms. The highest BCUT2D eigenvalue weighted by atomic mass is 19.3. The van der Waals surface area contributed by atoms with Crippen molar-refractivity contribution < 1.29 is 18.3 Å². The number of carbonyl (C=O) groups excluding carboxylic acids is 1. The molecule has 0 aliphatic rings. The van der Waals surface area contributed by atoms with Gasteiger partial charge in [0.05, 0.1) is 0 Å². The molecule has 0 aromatic heterocycles. The summed E-state index contributed by atoms with van der Waals surface area (Å²) in [6, 6.07) is 5.31. The number of hydrogen-bond acceptors (Lipinski definition) is 3. The van der Waals surface area contributed by atoms with Gasteiger partial charge in [0.25, 0.3) is 5.91 Å². The molecule has 0 heterocycles. The molecule has 0 aliphatic carbocycles. The van der Waals surface area contributed by atoms with E-state index in [1.807, 2.05) is 0 Å². The lowest BCUT2D eigenvalue weighted by molar-refractivity contribution is -0.0498. The van der Waals surface area contributed by atoms with Crippen LogP contribution in [0, 0.1) is 0 Å². The first-order valence-corrected chi connectivity index (χ1v) is 5.07. The van der Waals surface area contributed by atoms with Crippen molar-refractivity contribution in [2.75, 3.05) is 6.54 Å². The molecule has 94 valence electrons. The summed E-state index contributed by atoms with van der Waals surface area (Å²) in [4.78, 5) is 11.5. The Bertz CT molecular complexity index is 366. The number of nitrogens with two attached hydrogens (primary N) is 1. The predicted octanol–water partition coefficient (Wildman–Crippen LogP) is 1.36. The lowest BCUT2D eigenvalue weighted by atomic mass is 10.2. The molecule has 0 saturated heterocycles. The van der Waals surface area contributed by atoms with Crippen molar-refractivity contribution in [3.05, 3.63) is 29.8 Å². The van der Waals surface area contributed by atoms with Crippen LogP contribution in [-0.4, -0.2) is 25.1 Å². The van der Waals surface area contributed by atoms with Gasteiger partial charge in [-0.1, -0.05) is 0 Å². The van der Waals surface area contributed by atoms with Crippen LogP contribution < -0.4 is 15.8 Å². The van der Waals surface area contributed by atoms with E-state index < -0.39 is 6.61 Å². The van der Waals surface area contributed by atoms with E-state index in [0.717, 1.165) is 0 Å². The van der Waals surface area contributed by atoms with Crippen LogP contribution in [0.4, 0.5) is 8.78 Å². The zero-order chi connectivity index (χ0) is 12.8. The summed E-state index contributed by atoms with van der Waals surface area (Å²) in [5.74, 6) is -0.283. The van der Waals surface area contributed by atoms with Crippen molar-refractivity contribution in [3.63, 3.8) is 0 Å². The highest BCUT2D eigenvalue weighted by Gasteiger charge is 2.08. The van der Waals surface area contributed by atoms with E-state index in [-0.39, 0.29) is 17.7 Å². The molecule has 1 atom stereocenters. The van der Waals surface area contributed by atoms with Gasteiger partial charge in [0.1, 0.15) is 5.75 Å². The maximum Gasteiger partial charge on any atom is 0.387 e. The molecule has 1 unspecified atom stereocenters. The lowest BCUT2D eigenvalue weighted by Gasteiger charge is -2.08. The SMILES string of the molecule is CC(N)CNC(=O)c1ccc(OC(F)F)cc1. The van der Waals surface area contributed by atoms with Crippen LogP contribution in [0.3, 0.4) is 0 Å². The highest BCUT2D eigenvalue weighted by Crippen LogP contribution is 2.14. The first-order valence-electron chi connectivity index (χ1n) is 5.07. The smallest absolute Gasteiger partial charge is 0.387 e. The molecular formula is C11H14F2N2O2. The van der Waals surface area contributed by atoms with E-state index in [1.54, 1.807) is 6.92 Å². The lowest BCUT2D eigenvalue weighted by Crippen LogP contribution is -2.35. The van der Waals surface area contributed by atoms with E-state index in [4.69, 9.17) is 5.73 Å². The molecule has 0 aliphatic heterocycles. The minimum Gasteiger partial charge on any atom is -0.435 e. The summed E-state index contributed by atoms with van der Waals surface area (Å²) in [5, 5.41) is 2.61. The number of benzene rings is 1. The normalized spacial score (nSPS) is 12.3. The monoisotopic (exact) mass is 244 g/mol. The molecule has 0 fully saturated rings. The third-order valence-electron chi connectivity index (χ3n) is 1.93. The number of nitrogens with one attached hydrogen (secondary N) is 1. The third kappa shape index (κ3) is 4.78. The van der Waals surface area contributed by atoms with Gasteiger partial charge >= 0.3 is 6.61 Å². The van der Waals surface area contributed by atoms with Crippen molar-refractivity contribution in [3.8, 4) is 5.75 Å². The second kappa shape index (κ2) is 6.15. The maximum atomic E-state index is 11.9. The van der Waals surface area contributed by atoms with Gasteiger partial charge in [-0.2, -0.15) is 8.78 Å². The van der Waals surface area contributed by atoms with Crippen molar-refractivity contribution in [1.82, 2.24) is 5.32 Å². The Morgan fingerprint density at radius 3 is 2.47 bits per heavy atom. The first kappa shape index (κ1) is 13.4. The molecule has 0 spiro atoms. The molecule has 0 bridgehead atoms. The van der Waals surface area contributed by atoms with Gasteiger partial charge in [-0.15, -0.1) is 0 Å². The minimum absolute atomic E-state index is 0.0174. The van der Waals surface area contributed by atoms with E-state index in [0.29, 0.717) is 12.1 Å². The van der Waals surface area contributed by atoms with E-state index in [2.05, 4.69) is 10.1 Å². The van der Waals surface area contributed by atoms with Crippen LogP contribution in [0.2, 0.25) is 0 Å². The molecule has 4 nitrogen and oxygen atoms in total. The van der Waals surface area contributed by atoms with E-state index in [9.17, 15) is 13.6 Å². The largest absolute Gasteiger partial charge is 0.435 e. The van der Waals surface area contributed by atoms with Crippen LogP contribution in [0.15, 0.2) is 24.3 Å².